The number of hydrogen-bond acceptors (Lipinski definition) is 6. The SMILES string of the molecule is CCC(ON)C(C)(C)C(CON)ON. The molecular formula is C8H21N3O3. The van der Waals surface area contributed by atoms with Gasteiger partial charge in [0.25, 0.3) is 0 Å². The van der Waals surface area contributed by atoms with Crippen LogP contribution in [0.5, 0.6) is 0 Å². The summed E-state index contributed by atoms with van der Waals surface area (Å²) in [6.07, 6.45) is 0.237. The molecule has 0 fully saturated rings. The Bertz CT molecular complexity index is 151. The molecular weight excluding hydrogens is 186 g/mol. The maximum atomic E-state index is 5.19. The Balaban J connectivity index is 4.51. The Kier molecular flexibility index (Phi) is 6.17. The van der Waals surface area contributed by atoms with Crippen molar-refractivity contribution in [3.8, 4) is 0 Å². The fourth-order valence-electron chi connectivity index (χ4n) is 1.52. The van der Waals surface area contributed by atoms with Crippen molar-refractivity contribution in [1.29, 1.82) is 0 Å². The summed E-state index contributed by atoms with van der Waals surface area (Å²) in [5, 5.41) is 0. The Morgan fingerprint density at radius 1 is 1.07 bits per heavy atom. The van der Waals surface area contributed by atoms with Crippen molar-refractivity contribution in [2.45, 2.75) is 39.4 Å². The first-order valence-electron chi connectivity index (χ1n) is 4.57. The van der Waals surface area contributed by atoms with Crippen LogP contribution in [0.4, 0.5) is 0 Å². The third kappa shape index (κ3) is 3.16. The highest BCUT2D eigenvalue weighted by Crippen LogP contribution is 2.30. The van der Waals surface area contributed by atoms with E-state index in [1.165, 1.54) is 0 Å². The standard InChI is InChI=1S/C8H21N3O3/c1-4-6(13-10)8(2,3)7(14-11)5-12-9/h6-7H,4-5,9-11H2,1-3H3. The highest BCUT2D eigenvalue weighted by molar-refractivity contribution is 4.85. The lowest BCUT2D eigenvalue weighted by Crippen LogP contribution is -2.48. The molecule has 6 heteroatoms. The van der Waals surface area contributed by atoms with Crippen LogP contribution in [0.1, 0.15) is 27.2 Å². The first-order chi connectivity index (χ1) is 6.54. The van der Waals surface area contributed by atoms with Gasteiger partial charge in [-0.15, -0.1) is 0 Å². The van der Waals surface area contributed by atoms with Gasteiger partial charge in [-0.2, -0.15) is 0 Å². The first kappa shape index (κ1) is 13.8. The van der Waals surface area contributed by atoms with Gasteiger partial charge in [0.15, 0.2) is 0 Å². The molecule has 2 atom stereocenters. The summed E-state index contributed by atoms with van der Waals surface area (Å²) in [7, 11) is 0. The van der Waals surface area contributed by atoms with E-state index in [2.05, 4.69) is 4.84 Å². The van der Waals surface area contributed by atoms with Gasteiger partial charge in [-0.25, -0.2) is 17.7 Å². The van der Waals surface area contributed by atoms with Gasteiger partial charge >= 0.3 is 0 Å². The highest BCUT2D eigenvalue weighted by atomic mass is 16.7. The van der Waals surface area contributed by atoms with Crippen molar-refractivity contribution in [2.24, 2.45) is 23.1 Å². The summed E-state index contributed by atoms with van der Waals surface area (Å²) in [6.45, 7) is 6.04. The molecule has 6 N–H and O–H groups in total. The average molecular weight is 207 g/mol. The topological polar surface area (TPSA) is 106 Å². The second-order valence-electron chi connectivity index (χ2n) is 3.81. The lowest BCUT2D eigenvalue weighted by Gasteiger charge is -2.37. The Morgan fingerprint density at radius 3 is 1.86 bits per heavy atom. The zero-order valence-electron chi connectivity index (χ0n) is 9.03. The summed E-state index contributed by atoms with van der Waals surface area (Å²) in [4.78, 5) is 14.2. The van der Waals surface area contributed by atoms with E-state index < -0.39 is 0 Å². The van der Waals surface area contributed by atoms with Crippen LogP contribution in [-0.2, 0) is 14.5 Å². The smallest absolute Gasteiger partial charge is 0.112 e. The van der Waals surface area contributed by atoms with E-state index in [9.17, 15) is 0 Å². The monoisotopic (exact) mass is 207 g/mol. The van der Waals surface area contributed by atoms with Gasteiger partial charge in [-0.3, -0.25) is 4.84 Å². The molecule has 0 aromatic heterocycles. The quantitative estimate of drug-likeness (QED) is 0.500. The second-order valence-corrected chi connectivity index (χ2v) is 3.81. The Labute approximate surface area is 84.5 Å². The molecule has 6 nitrogen and oxygen atoms in total. The van der Waals surface area contributed by atoms with Crippen molar-refractivity contribution >= 4 is 0 Å². The van der Waals surface area contributed by atoms with Gasteiger partial charge in [0.1, 0.15) is 6.10 Å². The number of hydrogen-bond donors (Lipinski definition) is 3. The van der Waals surface area contributed by atoms with Gasteiger partial charge in [-0.05, 0) is 6.42 Å². The van der Waals surface area contributed by atoms with Crippen LogP contribution in [0.15, 0.2) is 0 Å². The van der Waals surface area contributed by atoms with E-state index in [0.29, 0.717) is 0 Å². The third-order valence-corrected chi connectivity index (χ3v) is 2.61. The van der Waals surface area contributed by atoms with E-state index in [1.54, 1.807) is 0 Å². The van der Waals surface area contributed by atoms with Gasteiger partial charge in [0.05, 0.1) is 12.7 Å². The van der Waals surface area contributed by atoms with Gasteiger partial charge in [-0.1, -0.05) is 20.8 Å². The number of rotatable bonds is 7. The zero-order valence-corrected chi connectivity index (χ0v) is 9.03. The maximum absolute atomic E-state index is 5.19. The molecule has 0 spiro atoms. The molecule has 0 aliphatic rings. The summed E-state index contributed by atoms with van der Waals surface area (Å²) in [5.41, 5.74) is -0.363. The molecule has 0 saturated heterocycles. The molecule has 0 saturated carbocycles. The third-order valence-electron chi connectivity index (χ3n) is 2.61. The lowest BCUT2D eigenvalue weighted by atomic mass is 9.80. The molecule has 0 radical (unpaired) electrons. The van der Waals surface area contributed by atoms with Crippen molar-refractivity contribution in [2.75, 3.05) is 6.61 Å². The van der Waals surface area contributed by atoms with Crippen LogP contribution >= 0.6 is 0 Å². The Hall–Kier alpha value is -0.240. The molecule has 0 amide bonds. The normalized spacial score (nSPS) is 16.7. The number of nitrogens with two attached hydrogens (primary N) is 3. The van der Waals surface area contributed by atoms with Gasteiger partial charge in [0.2, 0.25) is 0 Å². The minimum Gasteiger partial charge on any atom is -0.302 e. The predicted molar refractivity (Wildman–Crippen MR) is 52.3 cm³/mol. The molecule has 0 aromatic carbocycles. The van der Waals surface area contributed by atoms with Crippen molar-refractivity contribution in [1.82, 2.24) is 0 Å². The molecule has 14 heavy (non-hydrogen) atoms. The predicted octanol–water partition coefficient (Wildman–Crippen LogP) is -0.169. The largest absolute Gasteiger partial charge is 0.302 e. The van der Waals surface area contributed by atoms with Crippen LogP contribution in [0.25, 0.3) is 0 Å². The summed E-state index contributed by atoms with van der Waals surface area (Å²) in [6, 6.07) is 0. The fourth-order valence-corrected chi connectivity index (χ4v) is 1.52. The van der Waals surface area contributed by atoms with Crippen LogP contribution in [0, 0.1) is 5.41 Å². The van der Waals surface area contributed by atoms with E-state index in [-0.39, 0.29) is 24.2 Å². The van der Waals surface area contributed by atoms with Crippen molar-refractivity contribution < 1.29 is 14.5 Å². The molecule has 0 aliphatic heterocycles. The van der Waals surface area contributed by atoms with Crippen LogP contribution < -0.4 is 17.7 Å². The maximum Gasteiger partial charge on any atom is 0.112 e. The van der Waals surface area contributed by atoms with Gasteiger partial charge < -0.3 is 9.68 Å². The molecule has 0 bridgehead atoms. The second kappa shape index (κ2) is 6.28. The summed E-state index contributed by atoms with van der Waals surface area (Å²) < 4.78 is 0. The molecule has 2 unspecified atom stereocenters. The van der Waals surface area contributed by atoms with Crippen molar-refractivity contribution in [3.63, 3.8) is 0 Å². The molecule has 0 aliphatic carbocycles. The van der Waals surface area contributed by atoms with Crippen molar-refractivity contribution in [3.05, 3.63) is 0 Å². The average Bonchev–Trinajstić information content (AvgIpc) is 2.15. The van der Waals surface area contributed by atoms with E-state index in [4.69, 9.17) is 27.4 Å². The lowest BCUT2D eigenvalue weighted by molar-refractivity contribution is -0.138. The Morgan fingerprint density at radius 2 is 1.57 bits per heavy atom. The molecule has 0 rings (SSSR count). The molecule has 86 valence electrons. The van der Waals surface area contributed by atoms with Crippen LogP contribution in [0.2, 0.25) is 0 Å². The van der Waals surface area contributed by atoms with E-state index in [1.807, 2.05) is 20.8 Å². The van der Waals surface area contributed by atoms with Crippen LogP contribution in [-0.4, -0.2) is 18.8 Å². The minimum atomic E-state index is -0.363. The highest BCUT2D eigenvalue weighted by Gasteiger charge is 2.38. The zero-order chi connectivity index (χ0) is 11.2. The van der Waals surface area contributed by atoms with Crippen LogP contribution in [0.3, 0.4) is 0 Å². The fraction of sp³-hybridized carbons (Fsp3) is 1.00. The van der Waals surface area contributed by atoms with E-state index >= 15 is 0 Å². The van der Waals surface area contributed by atoms with E-state index in [0.717, 1.165) is 6.42 Å². The first-order valence-corrected chi connectivity index (χ1v) is 4.57. The minimum absolute atomic E-state index is 0.161. The summed E-state index contributed by atoms with van der Waals surface area (Å²) in [5.74, 6) is 15.3. The molecule has 0 aromatic rings. The van der Waals surface area contributed by atoms with Gasteiger partial charge in [0, 0.05) is 5.41 Å². The summed E-state index contributed by atoms with van der Waals surface area (Å²) >= 11 is 0. The molecule has 0 heterocycles.